The molecule has 17 heavy (non-hydrogen) atoms. The monoisotopic (exact) mass is 258 g/mol. The molecule has 0 saturated carbocycles. The third-order valence-corrected chi connectivity index (χ3v) is 4.13. The van der Waals surface area contributed by atoms with Crippen LogP contribution in [0.25, 0.3) is 0 Å². The fraction of sp³-hybridized carbons (Fsp3) is 0.364. The maximum Gasteiger partial charge on any atom is 0.332 e. The van der Waals surface area contributed by atoms with Crippen molar-refractivity contribution in [3.05, 3.63) is 29.8 Å². The van der Waals surface area contributed by atoms with Crippen LogP contribution in [0, 0.1) is 0 Å². The number of carboxylic acid groups (broad SMARTS) is 1. The van der Waals surface area contributed by atoms with E-state index in [9.17, 15) is 13.2 Å². The van der Waals surface area contributed by atoms with Crippen molar-refractivity contribution < 1.29 is 23.4 Å². The topological polar surface area (TPSA) is 91.7 Å². The second-order valence-electron chi connectivity index (χ2n) is 3.61. The van der Waals surface area contributed by atoms with E-state index >= 15 is 0 Å². The number of aliphatic hydroxyl groups excluding tert-OH is 1. The second kappa shape index (κ2) is 5.29. The van der Waals surface area contributed by atoms with Gasteiger partial charge in [0.05, 0.1) is 10.6 Å². The van der Waals surface area contributed by atoms with E-state index in [2.05, 4.69) is 0 Å². The van der Waals surface area contributed by atoms with Crippen LogP contribution >= 0.6 is 0 Å². The summed E-state index contributed by atoms with van der Waals surface area (Å²) in [6.45, 7) is 1.55. The maximum atomic E-state index is 11.5. The lowest BCUT2D eigenvalue weighted by Crippen LogP contribution is -2.21. The lowest BCUT2D eigenvalue weighted by molar-refractivity contribution is -0.146. The molecule has 6 heteroatoms. The van der Waals surface area contributed by atoms with Crippen LogP contribution in [-0.2, 0) is 21.1 Å². The molecule has 0 amide bonds. The summed E-state index contributed by atoms with van der Waals surface area (Å²) in [5.41, 5.74) is 0.579. The highest BCUT2D eigenvalue weighted by Crippen LogP contribution is 2.13. The quantitative estimate of drug-likeness (QED) is 0.801. The molecule has 0 fully saturated rings. The molecular weight excluding hydrogens is 244 g/mol. The molecule has 94 valence electrons. The molecule has 0 radical (unpaired) electrons. The number of benzene rings is 1. The molecule has 1 aromatic carbocycles. The minimum atomic E-state index is -3.24. The Morgan fingerprint density at radius 3 is 2.24 bits per heavy atom. The number of sulfone groups is 1. The summed E-state index contributed by atoms with van der Waals surface area (Å²) in [4.78, 5) is 10.6. The number of carboxylic acids is 1. The smallest absolute Gasteiger partial charge is 0.332 e. The van der Waals surface area contributed by atoms with E-state index in [1.807, 2.05) is 0 Å². The van der Waals surface area contributed by atoms with Crippen LogP contribution in [0.15, 0.2) is 29.2 Å². The molecule has 0 heterocycles. The molecule has 0 aliphatic rings. The summed E-state index contributed by atoms with van der Waals surface area (Å²) in [6, 6.07) is 5.86. The molecule has 1 atom stereocenters. The number of aliphatic carboxylic acids is 1. The molecular formula is C11H14O5S. The van der Waals surface area contributed by atoms with Crippen molar-refractivity contribution in [2.24, 2.45) is 0 Å². The van der Waals surface area contributed by atoms with E-state index in [4.69, 9.17) is 10.2 Å². The molecule has 0 bridgehead atoms. The molecule has 0 spiro atoms. The molecule has 0 saturated heterocycles. The number of aliphatic hydroxyl groups is 1. The van der Waals surface area contributed by atoms with Crippen molar-refractivity contribution in [1.82, 2.24) is 0 Å². The Kier molecular flexibility index (Phi) is 4.25. The largest absolute Gasteiger partial charge is 0.479 e. The average molecular weight is 258 g/mol. The minimum absolute atomic E-state index is 0.0180. The van der Waals surface area contributed by atoms with Gasteiger partial charge >= 0.3 is 5.97 Å². The van der Waals surface area contributed by atoms with Gasteiger partial charge in [0.2, 0.25) is 0 Å². The van der Waals surface area contributed by atoms with Gasteiger partial charge < -0.3 is 10.2 Å². The number of hydrogen-bond acceptors (Lipinski definition) is 4. The van der Waals surface area contributed by atoms with Crippen LogP contribution < -0.4 is 0 Å². The first-order valence-corrected chi connectivity index (χ1v) is 6.74. The van der Waals surface area contributed by atoms with E-state index in [1.165, 1.54) is 24.3 Å². The van der Waals surface area contributed by atoms with Crippen molar-refractivity contribution in [3.63, 3.8) is 0 Å². The molecule has 1 aromatic rings. The van der Waals surface area contributed by atoms with Gasteiger partial charge in [-0.05, 0) is 17.7 Å². The first-order chi connectivity index (χ1) is 7.86. The number of carbonyl (C=O) groups is 1. The number of rotatable bonds is 5. The Bertz CT molecular complexity index is 489. The second-order valence-corrected chi connectivity index (χ2v) is 5.88. The average Bonchev–Trinajstić information content (AvgIpc) is 2.29. The summed E-state index contributed by atoms with van der Waals surface area (Å²) >= 11 is 0. The van der Waals surface area contributed by atoms with E-state index < -0.39 is 21.9 Å². The standard InChI is InChI=1S/C11H14O5S/c1-2-17(15,16)9-5-3-8(4-6-9)7-10(12)11(13)14/h3-6,10,12H,2,7H2,1H3,(H,13,14). The van der Waals surface area contributed by atoms with Crippen molar-refractivity contribution in [2.75, 3.05) is 5.75 Å². The van der Waals surface area contributed by atoms with Gasteiger partial charge in [-0.2, -0.15) is 0 Å². The Balaban J connectivity index is 2.86. The van der Waals surface area contributed by atoms with Crippen LogP contribution in [0.5, 0.6) is 0 Å². The highest BCUT2D eigenvalue weighted by atomic mass is 32.2. The zero-order chi connectivity index (χ0) is 13.1. The summed E-state index contributed by atoms with van der Waals surface area (Å²) in [7, 11) is -3.24. The van der Waals surface area contributed by atoms with Crippen molar-refractivity contribution in [2.45, 2.75) is 24.3 Å². The van der Waals surface area contributed by atoms with Crippen LogP contribution in [-0.4, -0.2) is 36.5 Å². The number of hydrogen-bond donors (Lipinski definition) is 2. The van der Waals surface area contributed by atoms with Gasteiger partial charge in [0.15, 0.2) is 15.9 Å². The first-order valence-electron chi connectivity index (χ1n) is 5.09. The van der Waals surface area contributed by atoms with E-state index in [0.717, 1.165) is 0 Å². The fourth-order valence-corrected chi connectivity index (χ4v) is 2.19. The highest BCUT2D eigenvalue weighted by Gasteiger charge is 2.15. The zero-order valence-electron chi connectivity index (χ0n) is 9.33. The molecule has 0 aliphatic heterocycles. The lowest BCUT2D eigenvalue weighted by Gasteiger charge is -2.06. The van der Waals surface area contributed by atoms with Crippen molar-refractivity contribution in [3.8, 4) is 0 Å². The van der Waals surface area contributed by atoms with E-state index in [-0.39, 0.29) is 17.1 Å². The maximum absolute atomic E-state index is 11.5. The molecule has 1 rings (SSSR count). The normalized spacial score (nSPS) is 13.3. The zero-order valence-corrected chi connectivity index (χ0v) is 10.1. The Labute approximate surface area is 99.6 Å². The predicted octanol–water partition coefficient (Wildman–Crippen LogP) is 0.468. The van der Waals surface area contributed by atoms with Gasteiger partial charge in [0.25, 0.3) is 0 Å². The summed E-state index contributed by atoms with van der Waals surface area (Å²) in [5.74, 6) is -1.28. The predicted molar refractivity (Wildman–Crippen MR) is 61.5 cm³/mol. The van der Waals surface area contributed by atoms with E-state index in [0.29, 0.717) is 5.56 Å². The Morgan fingerprint density at radius 1 is 1.29 bits per heavy atom. The van der Waals surface area contributed by atoms with Gasteiger partial charge in [0, 0.05) is 6.42 Å². The summed E-state index contributed by atoms with van der Waals surface area (Å²) < 4.78 is 23.0. The third kappa shape index (κ3) is 3.54. The molecule has 0 aromatic heterocycles. The third-order valence-electron chi connectivity index (χ3n) is 2.38. The van der Waals surface area contributed by atoms with Crippen LogP contribution in [0.2, 0.25) is 0 Å². The van der Waals surface area contributed by atoms with Gasteiger partial charge in [-0.3, -0.25) is 0 Å². The lowest BCUT2D eigenvalue weighted by atomic mass is 10.1. The SMILES string of the molecule is CCS(=O)(=O)c1ccc(CC(O)C(=O)O)cc1. The molecule has 2 N–H and O–H groups in total. The first kappa shape index (κ1) is 13.7. The van der Waals surface area contributed by atoms with E-state index in [1.54, 1.807) is 6.92 Å². The summed E-state index contributed by atoms with van der Waals surface area (Å²) in [6.07, 6.45) is -1.51. The Morgan fingerprint density at radius 2 is 1.82 bits per heavy atom. The minimum Gasteiger partial charge on any atom is -0.479 e. The van der Waals surface area contributed by atoms with Crippen molar-refractivity contribution >= 4 is 15.8 Å². The van der Waals surface area contributed by atoms with Gasteiger partial charge in [-0.25, -0.2) is 13.2 Å². The summed E-state index contributed by atoms with van der Waals surface area (Å²) in [5, 5.41) is 17.7. The highest BCUT2D eigenvalue weighted by molar-refractivity contribution is 7.91. The van der Waals surface area contributed by atoms with Crippen LogP contribution in [0.3, 0.4) is 0 Å². The van der Waals surface area contributed by atoms with Crippen LogP contribution in [0.1, 0.15) is 12.5 Å². The molecule has 0 aliphatic carbocycles. The fourth-order valence-electron chi connectivity index (χ4n) is 1.31. The van der Waals surface area contributed by atoms with Crippen LogP contribution in [0.4, 0.5) is 0 Å². The van der Waals surface area contributed by atoms with Gasteiger partial charge in [-0.15, -0.1) is 0 Å². The molecule has 5 nitrogen and oxygen atoms in total. The Hall–Kier alpha value is -1.40. The van der Waals surface area contributed by atoms with Gasteiger partial charge in [0.1, 0.15) is 0 Å². The van der Waals surface area contributed by atoms with Crippen molar-refractivity contribution in [1.29, 1.82) is 0 Å². The van der Waals surface area contributed by atoms with Gasteiger partial charge in [-0.1, -0.05) is 19.1 Å². The molecule has 1 unspecified atom stereocenters.